The van der Waals surface area contributed by atoms with E-state index in [1.807, 2.05) is 6.92 Å². The molecule has 0 saturated heterocycles. The van der Waals surface area contributed by atoms with Crippen LogP contribution in [0, 0.1) is 17.7 Å². The molecule has 1 aromatic rings. The van der Waals surface area contributed by atoms with Gasteiger partial charge < -0.3 is 14.6 Å². The van der Waals surface area contributed by atoms with Gasteiger partial charge in [0.2, 0.25) is 0 Å². The van der Waals surface area contributed by atoms with Gasteiger partial charge in [-0.2, -0.15) is 0 Å². The van der Waals surface area contributed by atoms with E-state index in [1.165, 1.54) is 18.2 Å². The lowest BCUT2D eigenvalue weighted by molar-refractivity contribution is 0.110. The summed E-state index contributed by atoms with van der Waals surface area (Å²) in [5, 5.41) is 8.61. The van der Waals surface area contributed by atoms with Crippen LogP contribution in [0.1, 0.15) is 12.5 Å². The van der Waals surface area contributed by atoms with E-state index in [2.05, 4.69) is 11.8 Å². The number of benzene rings is 1. The standard InChI is InChI=1S/C13H15FO3/c1-2-16-8-9-17-13-6-5-12(14)10-11(13)4-3-7-15/h5-6,10,15H,2,7-9H2,1H3. The van der Waals surface area contributed by atoms with E-state index in [0.717, 1.165) is 0 Å². The van der Waals surface area contributed by atoms with Crippen molar-refractivity contribution in [1.82, 2.24) is 0 Å². The van der Waals surface area contributed by atoms with Crippen molar-refractivity contribution >= 4 is 0 Å². The molecule has 0 aliphatic heterocycles. The zero-order chi connectivity index (χ0) is 12.5. The first-order chi connectivity index (χ1) is 8.27. The van der Waals surface area contributed by atoms with E-state index in [0.29, 0.717) is 31.1 Å². The summed E-state index contributed by atoms with van der Waals surface area (Å²) in [6.45, 7) is 3.11. The fourth-order valence-corrected chi connectivity index (χ4v) is 1.22. The summed E-state index contributed by atoms with van der Waals surface area (Å²) in [7, 11) is 0. The Labute approximate surface area is 100 Å². The lowest BCUT2D eigenvalue weighted by Gasteiger charge is -2.08. The van der Waals surface area contributed by atoms with Crippen LogP contribution in [-0.2, 0) is 4.74 Å². The van der Waals surface area contributed by atoms with E-state index in [1.54, 1.807) is 0 Å². The van der Waals surface area contributed by atoms with Crippen LogP contribution in [0.3, 0.4) is 0 Å². The Balaban J connectivity index is 2.69. The van der Waals surface area contributed by atoms with Crippen molar-refractivity contribution < 1.29 is 19.0 Å². The van der Waals surface area contributed by atoms with Crippen molar-refractivity contribution in [2.75, 3.05) is 26.4 Å². The van der Waals surface area contributed by atoms with Gasteiger partial charge in [0.15, 0.2) is 0 Å². The highest BCUT2D eigenvalue weighted by Gasteiger charge is 2.03. The Bertz CT molecular complexity index is 407. The number of halogens is 1. The van der Waals surface area contributed by atoms with Gasteiger partial charge in [-0.25, -0.2) is 4.39 Å². The molecule has 0 amide bonds. The number of hydrogen-bond donors (Lipinski definition) is 1. The van der Waals surface area contributed by atoms with Gasteiger partial charge in [0.1, 0.15) is 24.8 Å². The van der Waals surface area contributed by atoms with Crippen molar-refractivity contribution in [3.63, 3.8) is 0 Å². The highest BCUT2D eigenvalue weighted by Crippen LogP contribution is 2.18. The van der Waals surface area contributed by atoms with E-state index in [4.69, 9.17) is 14.6 Å². The minimum absolute atomic E-state index is 0.269. The molecule has 0 fully saturated rings. The molecule has 4 heteroatoms. The summed E-state index contributed by atoms with van der Waals surface area (Å²) in [6.07, 6.45) is 0. The third kappa shape index (κ3) is 4.85. The molecule has 0 saturated carbocycles. The van der Waals surface area contributed by atoms with E-state index in [9.17, 15) is 4.39 Å². The van der Waals surface area contributed by atoms with E-state index in [-0.39, 0.29) is 12.4 Å². The summed E-state index contributed by atoms with van der Waals surface area (Å²) >= 11 is 0. The molecule has 92 valence electrons. The van der Waals surface area contributed by atoms with Crippen LogP contribution >= 0.6 is 0 Å². The second-order valence-electron chi connectivity index (χ2n) is 3.15. The molecule has 1 N–H and O–H groups in total. The average molecular weight is 238 g/mol. The van der Waals surface area contributed by atoms with Gasteiger partial charge in [-0.15, -0.1) is 0 Å². The zero-order valence-electron chi connectivity index (χ0n) is 9.70. The first kappa shape index (κ1) is 13.5. The second kappa shape index (κ2) is 7.66. The maximum atomic E-state index is 13.0. The molecular weight excluding hydrogens is 223 g/mol. The number of aliphatic hydroxyl groups excluding tert-OH is 1. The van der Waals surface area contributed by atoms with Gasteiger partial charge in [0.25, 0.3) is 0 Å². The molecule has 0 atom stereocenters. The highest BCUT2D eigenvalue weighted by atomic mass is 19.1. The Morgan fingerprint density at radius 2 is 2.18 bits per heavy atom. The van der Waals surface area contributed by atoms with Crippen molar-refractivity contribution in [3.8, 4) is 17.6 Å². The summed E-state index contributed by atoms with van der Waals surface area (Å²) < 4.78 is 23.5. The highest BCUT2D eigenvalue weighted by molar-refractivity contribution is 5.46. The molecule has 0 spiro atoms. The predicted molar refractivity (Wildman–Crippen MR) is 62.4 cm³/mol. The third-order valence-electron chi connectivity index (χ3n) is 1.93. The van der Waals surface area contributed by atoms with Crippen LogP contribution in [-0.4, -0.2) is 31.5 Å². The lowest BCUT2D eigenvalue weighted by atomic mass is 10.2. The maximum absolute atomic E-state index is 13.0. The molecule has 1 rings (SSSR count). The fourth-order valence-electron chi connectivity index (χ4n) is 1.22. The second-order valence-corrected chi connectivity index (χ2v) is 3.15. The van der Waals surface area contributed by atoms with Crippen molar-refractivity contribution in [3.05, 3.63) is 29.6 Å². The van der Waals surface area contributed by atoms with Gasteiger partial charge in [0.05, 0.1) is 12.2 Å². The Kier molecular flexibility index (Phi) is 6.08. The number of rotatable bonds is 5. The summed E-state index contributed by atoms with van der Waals surface area (Å²) in [5.74, 6) is 5.21. The normalized spacial score (nSPS) is 9.59. The molecule has 0 radical (unpaired) electrons. The van der Waals surface area contributed by atoms with Crippen molar-refractivity contribution in [2.45, 2.75) is 6.92 Å². The monoisotopic (exact) mass is 238 g/mol. The predicted octanol–water partition coefficient (Wildman–Crippen LogP) is 1.58. The minimum atomic E-state index is -0.385. The smallest absolute Gasteiger partial charge is 0.135 e. The largest absolute Gasteiger partial charge is 0.490 e. The fraction of sp³-hybridized carbons (Fsp3) is 0.385. The average Bonchev–Trinajstić information content (AvgIpc) is 2.34. The molecule has 1 aromatic carbocycles. The molecule has 0 unspecified atom stereocenters. The first-order valence-corrected chi connectivity index (χ1v) is 5.37. The van der Waals surface area contributed by atoms with Crippen LogP contribution in [0.15, 0.2) is 18.2 Å². The molecule has 0 aliphatic carbocycles. The Hall–Kier alpha value is -1.57. The third-order valence-corrected chi connectivity index (χ3v) is 1.93. The molecule has 3 nitrogen and oxygen atoms in total. The van der Waals surface area contributed by atoms with Crippen LogP contribution in [0.5, 0.6) is 5.75 Å². The topological polar surface area (TPSA) is 38.7 Å². The first-order valence-electron chi connectivity index (χ1n) is 5.37. The Morgan fingerprint density at radius 3 is 2.88 bits per heavy atom. The van der Waals surface area contributed by atoms with Crippen LogP contribution in [0.4, 0.5) is 4.39 Å². The van der Waals surface area contributed by atoms with Gasteiger partial charge in [-0.05, 0) is 25.1 Å². The number of hydrogen-bond acceptors (Lipinski definition) is 3. The molecule has 17 heavy (non-hydrogen) atoms. The molecule has 0 heterocycles. The number of ether oxygens (including phenoxy) is 2. The molecule has 0 bridgehead atoms. The van der Waals surface area contributed by atoms with E-state index >= 15 is 0 Å². The zero-order valence-corrected chi connectivity index (χ0v) is 9.70. The van der Waals surface area contributed by atoms with Crippen LogP contribution in [0.2, 0.25) is 0 Å². The van der Waals surface area contributed by atoms with Gasteiger partial charge >= 0.3 is 0 Å². The summed E-state index contributed by atoms with van der Waals surface area (Å²) in [5.41, 5.74) is 0.426. The van der Waals surface area contributed by atoms with Gasteiger partial charge in [0, 0.05) is 6.61 Å². The van der Waals surface area contributed by atoms with Crippen LogP contribution < -0.4 is 4.74 Å². The quantitative estimate of drug-likeness (QED) is 0.625. The SMILES string of the molecule is CCOCCOc1ccc(F)cc1C#CCO. The summed E-state index contributed by atoms with van der Waals surface area (Å²) in [6, 6.07) is 4.10. The minimum Gasteiger partial charge on any atom is -0.490 e. The van der Waals surface area contributed by atoms with Gasteiger partial charge in [-0.1, -0.05) is 11.8 Å². The van der Waals surface area contributed by atoms with Crippen molar-refractivity contribution in [2.24, 2.45) is 0 Å². The van der Waals surface area contributed by atoms with Gasteiger partial charge in [-0.3, -0.25) is 0 Å². The Morgan fingerprint density at radius 1 is 1.35 bits per heavy atom. The van der Waals surface area contributed by atoms with E-state index < -0.39 is 0 Å². The maximum Gasteiger partial charge on any atom is 0.135 e. The molecule has 0 aromatic heterocycles. The number of aliphatic hydroxyl groups is 1. The molecule has 0 aliphatic rings. The van der Waals surface area contributed by atoms with Crippen molar-refractivity contribution in [1.29, 1.82) is 0 Å². The lowest BCUT2D eigenvalue weighted by Crippen LogP contribution is -2.07. The van der Waals surface area contributed by atoms with Crippen LogP contribution in [0.25, 0.3) is 0 Å². The summed E-state index contributed by atoms with van der Waals surface area (Å²) in [4.78, 5) is 0. The molecular formula is C13H15FO3.